The maximum absolute atomic E-state index is 5.82. The van der Waals surface area contributed by atoms with E-state index in [1.165, 1.54) is 11.1 Å². The maximum Gasteiger partial charge on any atom is 0.148 e. The lowest BCUT2D eigenvalue weighted by atomic mass is 10.0. The first-order valence-electron chi connectivity index (χ1n) is 7.34. The van der Waals surface area contributed by atoms with E-state index in [0.29, 0.717) is 6.61 Å². The van der Waals surface area contributed by atoms with Gasteiger partial charge in [-0.1, -0.05) is 29.7 Å². The molecule has 0 atom stereocenters. The molecular formula is C18H23NO2. The summed E-state index contributed by atoms with van der Waals surface area (Å²) in [4.78, 5) is 2.39. The fourth-order valence-corrected chi connectivity index (χ4v) is 2.65. The van der Waals surface area contributed by atoms with Gasteiger partial charge in [0, 0.05) is 25.2 Å². The quantitative estimate of drug-likeness (QED) is 0.592. The van der Waals surface area contributed by atoms with E-state index < -0.39 is 0 Å². The molecule has 2 rings (SSSR count). The minimum absolute atomic E-state index is 0.295. The Bertz CT molecular complexity index is 525. The summed E-state index contributed by atoms with van der Waals surface area (Å²) in [5, 5.41) is 0. The highest BCUT2D eigenvalue weighted by Gasteiger charge is 2.16. The van der Waals surface area contributed by atoms with Crippen molar-refractivity contribution in [1.29, 1.82) is 0 Å². The van der Waals surface area contributed by atoms with Gasteiger partial charge < -0.3 is 9.47 Å². The van der Waals surface area contributed by atoms with E-state index in [-0.39, 0.29) is 0 Å². The molecule has 0 unspecified atom stereocenters. The van der Waals surface area contributed by atoms with Crippen molar-refractivity contribution in [3.63, 3.8) is 0 Å². The number of rotatable bonds is 6. The molecule has 0 spiro atoms. The zero-order valence-corrected chi connectivity index (χ0v) is 12.7. The molecule has 1 aromatic rings. The minimum atomic E-state index is 0.295. The number of ether oxygens (including phenoxy) is 2. The highest BCUT2D eigenvalue weighted by Crippen LogP contribution is 2.28. The largest absolute Gasteiger partial charge is 0.480 e. The first-order valence-corrected chi connectivity index (χ1v) is 7.34. The highest BCUT2D eigenvalue weighted by atomic mass is 16.5. The van der Waals surface area contributed by atoms with Gasteiger partial charge in [0.25, 0.3) is 0 Å². The molecule has 0 saturated carbocycles. The first kappa shape index (κ1) is 15.6. The number of aryl methyl sites for hydroxylation is 1. The van der Waals surface area contributed by atoms with E-state index in [4.69, 9.17) is 15.9 Å². The summed E-state index contributed by atoms with van der Waals surface area (Å²) in [6.45, 7) is 10.6. The SMILES string of the molecule is C#CCOc1c(CC=C)cc(C)cc1CN1CCOCC1. The zero-order valence-electron chi connectivity index (χ0n) is 12.7. The lowest BCUT2D eigenvalue weighted by Crippen LogP contribution is -2.35. The summed E-state index contributed by atoms with van der Waals surface area (Å²) < 4.78 is 11.2. The second kappa shape index (κ2) is 7.87. The zero-order chi connectivity index (χ0) is 15.1. The van der Waals surface area contributed by atoms with Crippen LogP contribution in [-0.2, 0) is 17.7 Å². The molecule has 0 bridgehead atoms. The molecule has 3 heteroatoms. The van der Waals surface area contributed by atoms with E-state index in [9.17, 15) is 0 Å². The summed E-state index contributed by atoms with van der Waals surface area (Å²) in [6, 6.07) is 4.34. The number of morpholine rings is 1. The monoisotopic (exact) mass is 285 g/mol. The van der Waals surface area contributed by atoms with Crippen LogP contribution >= 0.6 is 0 Å². The lowest BCUT2D eigenvalue weighted by molar-refractivity contribution is 0.0338. The van der Waals surface area contributed by atoms with Crippen LogP contribution in [0.15, 0.2) is 24.8 Å². The third kappa shape index (κ3) is 4.35. The molecule has 0 radical (unpaired) electrons. The van der Waals surface area contributed by atoms with E-state index in [1.54, 1.807) is 0 Å². The summed E-state index contributed by atoms with van der Waals surface area (Å²) in [6.07, 6.45) is 8.03. The molecular weight excluding hydrogens is 262 g/mol. The fraction of sp³-hybridized carbons (Fsp3) is 0.444. The van der Waals surface area contributed by atoms with Crippen molar-refractivity contribution >= 4 is 0 Å². The van der Waals surface area contributed by atoms with Gasteiger partial charge in [0.15, 0.2) is 0 Å². The van der Waals surface area contributed by atoms with Gasteiger partial charge in [0.05, 0.1) is 13.2 Å². The lowest BCUT2D eigenvalue weighted by Gasteiger charge is -2.28. The van der Waals surface area contributed by atoms with Crippen LogP contribution in [0.5, 0.6) is 5.75 Å². The molecule has 112 valence electrons. The predicted octanol–water partition coefficient (Wildman–Crippen LogP) is 2.57. The molecule has 0 aromatic heterocycles. The normalized spacial score (nSPS) is 15.4. The number of hydrogen-bond acceptors (Lipinski definition) is 3. The molecule has 1 aromatic carbocycles. The number of terminal acetylenes is 1. The molecule has 1 fully saturated rings. The van der Waals surface area contributed by atoms with Gasteiger partial charge in [-0.2, -0.15) is 0 Å². The first-order chi connectivity index (χ1) is 10.2. The second-order valence-electron chi connectivity index (χ2n) is 5.29. The molecule has 1 saturated heterocycles. The molecule has 3 nitrogen and oxygen atoms in total. The Morgan fingerprint density at radius 3 is 2.76 bits per heavy atom. The van der Waals surface area contributed by atoms with Gasteiger partial charge >= 0.3 is 0 Å². The van der Waals surface area contributed by atoms with Gasteiger partial charge in [0.2, 0.25) is 0 Å². The van der Waals surface area contributed by atoms with E-state index in [2.05, 4.69) is 36.5 Å². The molecule has 21 heavy (non-hydrogen) atoms. The van der Waals surface area contributed by atoms with Crippen LogP contribution in [0, 0.1) is 19.3 Å². The van der Waals surface area contributed by atoms with E-state index >= 15 is 0 Å². The van der Waals surface area contributed by atoms with Crippen molar-refractivity contribution < 1.29 is 9.47 Å². The fourth-order valence-electron chi connectivity index (χ4n) is 2.65. The minimum Gasteiger partial charge on any atom is -0.480 e. The summed E-state index contributed by atoms with van der Waals surface area (Å²) in [5.41, 5.74) is 3.59. The molecule has 1 aliphatic rings. The third-order valence-electron chi connectivity index (χ3n) is 3.55. The second-order valence-corrected chi connectivity index (χ2v) is 5.29. The number of nitrogens with zero attached hydrogens (tertiary/aromatic N) is 1. The predicted molar refractivity (Wildman–Crippen MR) is 85.5 cm³/mol. The van der Waals surface area contributed by atoms with Crippen LogP contribution in [0.1, 0.15) is 16.7 Å². The molecule has 0 N–H and O–H groups in total. The summed E-state index contributed by atoms with van der Waals surface area (Å²) in [7, 11) is 0. The van der Waals surface area contributed by atoms with Gasteiger partial charge in [-0.25, -0.2) is 0 Å². The standard InChI is InChI=1S/C18H23NO2/c1-4-6-16-12-15(3)13-17(18(16)21-9-5-2)14-19-7-10-20-11-8-19/h2,4,12-13H,1,6-11,14H2,3H3. The van der Waals surface area contributed by atoms with Gasteiger partial charge in [-0.15, -0.1) is 13.0 Å². The van der Waals surface area contributed by atoms with Crippen LogP contribution in [0.2, 0.25) is 0 Å². The Morgan fingerprint density at radius 2 is 2.10 bits per heavy atom. The molecule has 0 aliphatic carbocycles. The van der Waals surface area contributed by atoms with Crippen molar-refractivity contribution in [2.75, 3.05) is 32.9 Å². The van der Waals surface area contributed by atoms with Crippen LogP contribution in [0.3, 0.4) is 0 Å². The average molecular weight is 285 g/mol. The van der Waals surface area contributed by atoms with Gasteiger partial charge in [0.1, 0.15) is 12.4 Å². The Balaban J connectivity index is 2.27. The van der Waals surface area contributed by atoms with Crippen molar-refractivity contribution in [2.45, 2.75) is 19.9 Å². The Morgan fingerprint density at radius 1 is 1.38 bits per heavy atom. The van der Waals surface area contributed by atoms with Gasteiger partial charge in [-0.05, 0) is 18.9 Å². The topological polar surface area (TPSA) is 21.7 Å². The van der Waals surface area contributed by atoms with Crippen molar-refractivity contribution in [3.8, 4) is 18.1 Å². The molecule has 1 aliphatic heterocycles. The number of hydrogen-bond donors (Lipinski definition) is 0. The van der Waals surface area contributed by atoms with Crippen LogP contribution in [-0.4, -0.2) is 37.8 Å². The number of benzene rings is 1. The summed E-state index contributed by atoms with van der Waals surface area (Å²) in [5.74, 6) is 3.47. The third-order valence-corrected chi connectivity index (χ3v) is 3.55. The average Bonchev–Trinajstić information content (AvgIpc) is 2.48. The van der Waals surface area contributed by atoms with E-state index in [1.807, 2.05) is 6.08 Å². The summed E-state index contributed by atoms with van der Waals surface area (Å²) >= 11 is 0. The van der Waals surface area contributed by atoms with Gasteiger partial charge in [-0.3, -0.25) is 4.90 Å². The van der Waals surface area contributed by atoms with Crippen LogP contribution in [0.25, 0.3) is 0 Å². The van der Waals surface area contributed by atoms with Crippen LogP contribution in [0.4, 0.5) is 0 Å². The Hall–Kier alpha value is -1.76. The van der Waals surface area contributed by atoms with Crippen LogP contribution < -0.4 is 4.74 Å². The van der Waals surface area contributed by atoms with Crippen molar-refractivity contribution in [2.24, 2.45) is 0 Å². The molecule has 1 heterocycles. The molecule has 0 amide bonds. The van der Waals surface area contributed by atoms with E-state index in [0.717, 1.165) is 50.6 Å². The Kier molecular flexibility index (Phi) is 5.86. The maximum atomic E-state index is 5.82. The highest BCUT2D eigenvalue weighted by molar-refractivity contribution is 5.45. The van der Waals surface area contributed by atoms with Crippen molar-refractivity contribution in [3.05, 3.63) is 41.5 Å². The number of allylic oxidation sites excluding steroid dienone is 1. The van der Waals surface area contributed by atoms with Crippen molar-refractivity contribution in [1.82, 2.24) is 4.90 Å². The smallest absolute Gasteiger partial charge is 0.148 e. The Labute approximate surface area is 127 Å².